The van der Waals surface area contributed by atoms with E-state index < -0.39 is 11.4 Å². The number of ether oxygens (including phenoxy) is 1. The standard InChI is InChI=1S/C23H33NO3/c1-27-17-22(8-7-19-15-20(19)18-5-3-2-4-6-18)11-13-24(14-12-22)16-23(9-10-23)21(25)26/h2-6,19-20H,7-17H2,1H3,(H,25,26)/t19-,20?/m1/s1. The minimum atomic E-state index is -0.600. The van der Waals surface area contributed by atoms with E-state index in [9.17, 15) is 9.90 Å². The average Bonchev–Trinajstić information content (AvgIpc) is 3.59. The van der Waals surface area contributed by atoms with Crippen LogP contribution in [-0.2, 0) is 9.53 Å². The molecule has 1 aromatic rings. The van der Waals surface area contributed by atoms with Crippen LogP contribution in [0.5, 0.6) is 0 Å². The summed E-state index contributed by atoms with van der Waals surface area (Å²) in [6, 6.07) is 10.9. The van der Waals surface area contributed by atoms with Gasteiger partial charge in [-0.3, -0.25) is 4.79 Å². The van der Waals surface area contributed by atoms with Crippen LogP contribution >= 0.6 is 0 Å². The highest BCUT2D eigenvalue weighted by atomic mass is 16.5. The van der Waals surface area contributed by atoms with Gasteiger partial charge in [0.25, 0.3) is 0 Å². The zero-order valence-corrected chi connectivity index (χ0v) is 16.5. The monoisotopic (exact) mass is 371 g/mol. The lowest BCUT2D eigenvalue weighted by Crippen LogP contribution is -2.45. The van der Waals surface area contributed by atoms with Gasteiger partial charge in [0.05, 0.1) is 12.0 Å². The van der Waals surface area contributed by atoms with Gasteiger partial charge in [-0.15, -0.1) is 0 Å². The highest BCUT2D eigenvalue weighted by Gasteiger charge is 2.52. The number of rotatable bonds is 9. The van der Waals surface area contributed by atoms with E-state index in [1.165, 1.54) is 24.8 Å². The summed E-state index contributed by atoms with van der Waals surface area (Å²) in [6.45, 7) is 3.62. The number of aliphatic carboxylic acids is 1. The van der Waals surface area contributed by atoms with E-state index in [1.807, 2.05) is 7.11 Å². The summed E-state index contributed by atoms with van der Waals surface area (Å²) in [7, 11) is 1.82. The Morgan fingerprint density at radius 1 is 1.19 bits per heavy atom. The quantitative estimate of drug-likeness (QED) is 0.708. The van der Waals surface area contributed by atoms with Crippen LogP contribution in [0.2, 0.25) is 0 Å². The molecule has 1 aliphatic heterocycles. The first-order valence-electron chi connectivity index (χ1n) is 10.6. The molecule has 3 fully saturated rings. The van der Waals surface area contributed by atoms with Crippen molar-refractivity contribution in [3.63, 3.8) is 0 Å². The van der Waals surface area contributed by atoms with Crippen LogP contribution < -0.4 is 0 Å². The molecule has 1 heterocycles. The summed E-state index contributed by atoms with van der Waals surface area (Å²) >= 11 is 0. The van der Waals surface area contributed by atoms with Gasteiger partial charge in [-0.05, 0) is 80.8 Å². The summed E-state index contributed by atoms with van der Waals surface area (Å²) < 4.78 is 5.62. The normalized spacial score (nSPS) is 28.6. The van der Waals surface area contributed by atoms with E-state index in [-0.39, 0.29) is 5.41 Å². The molecule has 1 unspecified atom stereocenters. The Bertz CT molecular complexity index is 647. The van der Waals surface area contributed by atoms with Gasteiger partial charge in [0, 0.05) is 13.7 Å². The topological polar surface area (TPSA) is 49.8 Å². The minimum absolute atomic E-state index is 0.287. The van der Waals surface area contributed by atoms with Crippen LogP contribution in [0.15, 0.2) is 30.3 Å². The van der Waals surface area contributed by atoms with Gasteiger partial charge < -0.3 is 14.7 Å². The van der Waals surface area contributed by atoms with Crippen LogP contribution in [0.1, 0.15) is 56.4 Å². The molecular formula is C23H33NO3. The molecule has 4 heteroatoms. The van der Waals surface area contributed by atoms with Gasteiger partial charge in [-0.2, -0.15) is 0 Å². The molecule has 1 N–H and O–H groups in total. The number of nitrogens with zero attached hydrogens (tertiary/aromatic N) is 1. The summed E-state index contributed by atoms with van der Waals surface area (Å²) in [5.74, 6) is 0.994. The van der Waals surface area contributed by atoms with E-state index >= 15 is 0 Å². The smallest absolute Gasteiger partial charge is 0.310 e. The zero-order chi connectivity index (χ0) is 18.9. The summed E-state index contributed by atoms with van der Waals surface area (Å²) in [5.41, 5.74) is 1.36. The van der Waals surface area contributed by atoms with Crippen molar-refractivity contribution < 1.29 is 14.6 Å². The lowest BCUT2D eigenvalue weighted by atomic mass is 9.74. The van der Waals surface area contributed by atoms with Crippen molar-refractivity contribution in [1.82, 2.24) is 4.90 Å². The minimum Gasteiger partial charge on any atom is -0.481 e. The van der Waals surface area contributed by atoms with Crippen molar-refractivity contribution in [3.05, 3.63) is 35.9 Å². The third-order valence-electron chi connectivity index (χ3n) is 7.40. The summed E-state index contributed by atoms with van der Waals surface area (Å²) in [5, 5.41) is 9.45. The fraction of sp³-hybridized carbons (Fsp3) is 0.696. The molecule has 2 atom stereocenters. The van der Waals surface area contributed by atoms with E-state index in [0.29, 0.717) is 0 Å². The SMILES string of the molecule is COCC1(CC[C@@H]2CC2c2ccccc2)CCN(CC2(C(=O)O)CC2)CC1. The van der Waals surface area contributed by atoms with Gasteiger partial charge in [0.2, 0.25) is 0 Å². The number of benzene rings is 1. The molecule has 0 bridgehead atoms. The molecule has 27 heavy (non-hydrogen) atoms. The Morgan fingerprint density at radius 3 is 2.48 bits per heavy atom. The fourth-order valence-electron chi connectivity index (χ4n) is 5.14. The molecule has 2 saturated carbocycles. The highest BCUT2D eigenvalue weighted by Crippen LogP contribution is 2.52. The largest absolute Gasteiger partial charge is 0.481 e. The Balaban J connectivity index is 1.28. The number of likely N-dealkylation sites (tertiary alicyclic amines) is 1. The molecule has 1 saturated heterocycles. The van der Waals surface area contributed by atoms with Crippen LogP contribution in [0, 0.1) is 16.7 Å². The fourth-order valence-corrected chi connectivity index (χ4v) is 5.14. The molecular weight excluding hydrogens is 338 g/mol. The molecule has 0 amide bonds. The Labute approximate surface area is 162 Å². The van der Waals surface area contributed by atoms with Crippen LogP contribution in [0.4, 0.5) is 0 Å². The number of carboxylic acids is 1. The van der Waals surface area contributed by atoms with Crippen molar-refractivity contribution in [2.24, 2.45) is 16.7 Å². The van der Waals surface area contributed by atoms with Gasteiger partial charge in [0.1, 0.15) is 0 Å². The molecule has 4 nitrogen and oxygen atoms in total. The molecule has 3 aliphatic rings. The first-order valence-corrected chi connectivity index (χ1v) is 10.6. The molecule has 2 aliphatic carbocycles. The predicted octanol–water partition coefficient (Wildman–Crippen LogP) is 4.16. The number of carbonyl (C=O) groups is 1. The summed E-state index contributed by atoms with van der Waals surface area (Å²) in [6.07, 6.45) is 7.85. The predicted molar refractivity (Wildman–Crippen MR) is 106 cm³/mol. The van der Waals surface area contributed by atoms with E-state index in [1.54, 1.807) is 0 Å². The second-order valence-corrected chi connectivity index (χ2v) is 9.35. The van der Waals surface area contributed by atoms with Crippen LogP contribution in [0.3, 0.4) is 0 Å². The van der Waals surface area contributed by atoms with Crippen molar-refractivity contribution >= 4 is 5.97 Å². The van der Waals surface area contributed by atoms with Gasteiger partial charge in [-0.1, -0.05) is 30.3 Å². The Morgan fingerprint density at radius 2 is 1.89 bits per heavy atom. The lowest BCUT2D eigenvalue weighted by molar-refractivity contribution is -0.144. The maximum absolute atomic E-state index is 11.5. The number of carboxylic acid groups (broad SMARTS) is 1. The van der Waals surface area contributed by atoms with Crippen molar-refractivity contribution in [3.8, 4) is 0 Å². The number of hydrogen-bond acceptors (Lipinski definition) is 3. The second kappa shape index (κ2) is 7.56. The van der Waals surface area contributed by atoms with E-state index in [0.717, 1.165) is 63.8 Å². The maximum Gasteiger partial charge on any atom is 0.310 e. The number of hydrogen-bond donors (Lipinski definition) is 1. The molecule has 0 radical (unpaired) electrons. The number of piperidine rings is 1. The zero-order valence-electron chi connectivity index (χ0n) is 16.5. The molecule has 0 spiro atoms. The molecule has 4 rings (SSSR count). The Kier molecular flexibility index (Phi) is 5.30. The molecule has 148 valence electrons. The summed E-state index contributed by atoms with van der Waals surface area (Å²) in [4.78, 5) is 13.9. The molecule has 1 aromatic carbocycles. The van der Waals surface area contributed by atoms with Crippen molar-refractivity contribution in [2.75, 3.05) is 33.4 Å². The third kappa shape index (κ3) is 4.22. The van der Waals surface area contributed by atoms with Crippen molar-refractivity contribution in [1.29, 1.82) is 0 Å². The Hall–Kier alpha value is -1.39. The average molecular weight is 372 g/mol. The highest BCUT2D eigenvalue weighted by molar-refractivity contribution is 5.78. The van der Waals surface area contributed by atoms with Crippen molar-refractivity contribution in [2.45, 2.75) is 50.9 Å². The third-order valence-corrected chi connectivity index (χ3v) is 7.40. The molecule has 0 aromatic heterocycles. The van der Waals surface area contributed by atoms with Gasteiger partial charge >= 0.3 is 5.97 Å². The first-order chi connectivity index (χ1) is 13.1. The number of methoxy groups -OCH3 is 1. The van der Waals surface area contributed by atoms with Gasteiger partial charge in [0.15, 0.2) is 0 Å². The van der Waals surface area contributed by atoms with Crippen LogP contribution in [-0.4, -0.2) is 49.3 Å². The first kappa shape index (κ1) is 18.9. The van der Waals surface area contributed by atoms with E-state index in [2.05, 4.69) is 35.2 Å². The van der Waals surface area contributed by atoms with Gasteiger partial charge in [-0.25, -0.2) is 0 Å². The van der Waals surface area contributed by atoms with E-state index in [4.69, 9.17) is 4.74 Å². The second-order valence-electron chi connectivity index (χ2n) is 9.35. The van der Waals surface area contributed by atoms with Crippen LogP contribution in [0.25, 0.3) is 0 Å². The maximum atomic E-state index is 11.5. The lowest BCUT2D eigenvalue weighted by Gasteiger charge is -2.42.